The van der Waals surface area contributed by atoms with Gasteiger partial charge in [-0.1, -0.05) is 35.9 Å². The highest BCUT2D eigenvalue weighted by molar-refractivity contribution is 6.31. The van der Waals surface area contributed by atoms with E-state index in [9.17, 15) is 0 Å². The van der Waals surface area contributed by atoms with Crippen LogP contribution in [0.2, 0.25) is 5.02 Å². The zero-order valence-corrected chi connectivity index (χ0v) is 11.1. The first kappa shape index (κ1) is 12.2. The molecular formula is C15H14ClN3. The van der Waals surface area contributed by atoms with Crippen molar-refractivity contribution in [3.8, 4) is 0 Å². The van der Waals surface area contributed by atoms with E-state index in [0.29, 0.717) is 13.0 Å². The molecule has 0 fully saturated rings. The minimum absolute atomic E-state index is 0.489. The average Bonchev–Trinajstić information content (AvgIpc) is 2.85. The van der Waals surface area contributed by atoms with E-state index >= 15 is 0 Å². The van der Waals surface area contributed by atoms with Crippen LogP contribution in [0.5, 0.6) is 0 Å². The van der Waals surface area contributed by atoms with Crippen LogP contribution < -0.4 is 5.73 Å². The number of aromatic nitrogens is 2. The Morgan fingerprint density at radius 2 is 1.95 bits per heavy atom. The molecule has 1 aromatic carbocycles. The van der Waals surface area contributed by atoms with E-state index in [1.165, 1.54) is 0 Å². The van der Waals surface area contributed by atoms with Crippen LogP contribution in [-0.2, 0) is 13.0 Å². The lowest BCUT2D eigenvalue weighted by molar-refractivity contribution is 0.877. The van der Waals surface area contributed by atoms with Crippen molar-refractivity contribution in [2.45, 2.75) is 13.0 Å². The van der Waals surface area contributed by atoms with Gasteiger partial charge in [-0.3, -0.25) is 4.40 Å². The number of fused-ring (bicyclic) bond motifs is 1. The summed E-state index contributed by atoms with van der Waals surface area (Å²) in [6.07, 6.45) is 2.57. The summed E-state index contributed by atoms with van der Waals surface area (Å²) in [4.78, 5) is 4.49. The van der Waals surface area contributed by atoms with Crippen LogP contribution in [-0.4, -0.2) is 9.38 Å². The Labute approximate surface area is 116 Å². The van der Waals surface area contributed by atoms with Crippen molar-refractivity contribution in [3.05, 3.63) is 70.8 Å². The molecule has 0 saturated carbocycles. The number of hydrogen-bond donors (Lipinski definition) is 1. The third-order valence-electron chi connectivity index (χ3n) is 3.22. The van der Waals surface area contributed by atoms with Crippen LogP contribution >= 0.6 is 11.6 Å². The van der Waals surface area contributed by atoms with Gasteiger partial charge in [0.1, 0.15) is 5.82 Å². The minimum atomic E-state index is 0.489. The van der Waals surface area contributed by atoms with Crippen LogP contribution in [0.25, 0.3) is 5.52 Å². The van der Waals surface area contributed by atoms with Crippen molar-refractivity contribution < 1.29 is 0 Å². The largest absolute Gasteiger partial charge is 0.325 e. The fourth-order valence-corrected chi connectivity index (χ4v) is 2.49. The van der Waals surface area contributed by atoms with E-state index in [1.54, 1.807) is 0 Å². The molecule has 3 nitrogen and oxygen atoms in total. The zero-order chi connectivity index (χ0) is 13.2. The van der Waals surface area contributed by atoms with Crippen molar-refractivity contribution in [1.29, 1.82) is 0 Å². The quantitative estimate of drug-likeness (QED) is 0.796. The standard InChI is InChI=1S/C15H14ClN3/c16-14-7-2-1-4-11(14)8-15-18-10-13-6-3-5-12(9-17)19(13)15/h1-7,10H,8-9,17H2. The summed E-state index contributed by atoms with van der Waals surface area (Å²) in [5, 5.41) is 0.768. The summed E-state index contributed by atoms with van der Waals surface area (Å²) in [6.45, 7) is 0.489. The molecular weight excluding hydrogens is 258 g/mol. The number of halogens is 1. The Bertz CT molecular complexity index is 718. The Kier molecular flexibility index (Phi) is 3.23. The van der Waals surface area contributed by atoms with Crippen LogP contribution in [0.3, 0.4) is 0 Å². The maximum absolute atomic E-state index is 6.20. The van der Waals surface area contributed by atoms with Crippen molar-refractivity contribution in [3.63, 3.8) is 0 Å². The molecule has 2 heterocycles. The lowest BCUT2D eigenvalue weighted by atomic mass is 10.1. The maximum Gasteiger partial charge on any atom is 0.117 e. The summed E-state index contributed by atoms with van der Waals surface area (Å²) in [6, 6.07) is 13.9. The van der Waals surface area contributed by atoms with Crippen LogP contribution in [0, 0.1) is 0 Å². The van der Waals surface area contributed by atoms with E-state index in [4.69, 9.17) is 17.3 Å². The Morgan fingerprint density at radius 1 is 1.11 bits per heavy atom. The van der Waals surface area contributed by atoms with Crippen LogP contribution in [0.1, 0.15) is 17.1 Å². The highest BCUT2D eigenvalue weighted by Crippen LogP contribution is 2.20. The summed E-state index contributed by atoms with van der Waals surface area (Å²) in [5.41, 5.74) is 8.98. The molecule has 0 spiro atoms. The van der Waals surface area contributed by atoms with Crippen molar-refractivity contribution in [2.75, 3.05) is 0 Å². The molecule has 0 radical (unpaired) electrons. The zero-order valence-electron chi connectivity index (χ0n) is 10.4. The second-order valence-corrected chi connectivity index (χ2v) is 4.83. The fraction of sp³-hybridized carbons (Fsp3) is 0.133. The lowest BCUT2D eigenvalue weighted by Gasteiger charge is -2.08. The Hall–Kier alpha value is -1.84. The second-order valence-electron chi connectivity index (χ2n) is 4.42. The molecule has 0 unspecified atom stereocenters. The van der Waals surface area contributed by atoms with Gasteiger partial charge in [-0.25, -0.2) is 4.98 Å². The predicted octanol–water partition coefficient (Wildman–Crippen LogP) is 3.04. The molecule has 3 rings (SSSR count). The molecule has 2 N–H and O–H groups in total. The van der Waals surface area contributed by atoms with E-state index in [-0.39, 0.29) is 0 Å². The van der Waals surface area contributed by atoms with Gasteiger partial charge >= 0.3 is 0 Å². The highest BCUT2D eigenvalue weighted by Gasteiger charge is 2.09. The monoisotopic (exact) mass is 271 g/mol. The third-order valence-corrected chi connectivity index (χ3v) is 3.59. The van der Waals surface area contributed by atoms with E-state index in [1.807, 2.05) is 48.7 Å². The molecule has 0 bridgehead atoms. The fourth-order valence-electron chi connectivity index (χ4n) is 2.28. The van der Waals surface area contributed by atoms with Crippen molar-refractivity contribution in [1.82, 2.24) is 9.38 Å². The summed E-state index contributed by atoms with van der Waals surface area (Å²) < 4.78 is 2.10. The van der Waals surface area contributed by atoms with Gasteiger partial charge in [-0.05, 0) is 23.8 Å². The van der Waals surface area contributed by atoms with Gasteiger partial charge in [-0.15, -0.1) is 0 Å². The normalized spacial score (nSPS) is 11.1. The third kappa shape index (κ3) is 2.23. The molecule has 0 aliphatic rings. The molecule has 4 heteroatoms. The van der Waals surface area contributed by atoms with Gasteiger partial charge in [0.05, 0.1) is 11.7 Å². The van der Waals surface area contributed by atoms with Crippen LogP contribution in [0.15, 0.2) is 48.7 Å². The summed E-state index contributed by atoms with van der Waals surface area (Å²) in [5.74, 6) is 0.962. The maximum atomic E-state index is 6.20. The predicted molar refractivity (Wildman–Crippen MR) is 77.3 cm³/mol. The molecule has 0 saturated heterocycles. The number of pyridine rings is 1. The molecule has 96 valence electrons. The smallest absolute Gasteiger partial charge is 0.117 e. The number of rotatable bonds is 3. The van der Waals surface area contributed by atoms with Gasteiger partial charge in [0, 0.05) is 23.7 Å². The molecule has 0 aliphatic carbocycles. The minimum Gasteiger partial charge on any atom is -0.325 e. The van der Waals surface area contributed by atoms with E-state index < -0.39 is 0 Å². The second kappa shape index (κ2) is 5.03. The highest BCUT2D eigenvalue weighted by atomic mass is 35.5. The first-order chi connectivity index (χ1) is 9.29. The number of hydrogen-bond acceptors (Lipinski definition) is 2. The average molecular weight is 272 g/mol. The van der Waals surface area contributed by atoms with Crippen molar-refractivity contribution >= 4 is 17.1 Å². The lowest BCUT2D eigenvalue weighted by Crippen LogP contribution is -2.07. The van der Waals surface area contributed by atoms with Gasteiger partial charge in [0.2, 0.25) is 0 Å². The topological polar surface area (TPSA) is 43.3 Å². The molecule has 0 aliphatic heterocycles. The Morgan fingerprint density at radius 3 is 2.74 bits per heavy atom. The molecule has 19 heavy (non-hydrogen) atoms. The van der Waals surface area contributed by atoms with Crippen LogP contribution in [0.4, 0.5) is 0 Å². The number of benzene rings is 1. The summed E-state index contributed by atoms with van der Waals surface area (Å²) >= 11 is 6.20. The van der Waals surface area contributed by atoms with Gasteiger partial charge < -0.3 is 5.73 Å². The van der Waals surface area contributed by atoms with Crippen molar-refractivity contribution in [2.24, 2.45) is 5.73 Å². The van der Waals surface area contributed by atoms with Gasteiger partial charge in [0.25, 0.3) is 0 Å². The summed E-state index contributed by atoms with van der Waals surface area (Å²) in [7, 11) is 0. The van der Waals surface area contributed by atoms with E-state index in [2.05, 4.69) is 9.38 Å². The first-order valence-corrected chi connectivity index (χ1v) is 6.55. The number of nitrogens with zero attached hydrogens (tertiary/aromatic N) is 2. The molecule has 0 atom stereocenters. The first-order valence-electron chi connectivity index (χ1n) is 6.17. The number of nitrogens with two attached hydrogens (primary N) is 1. The number of imidazole rings is 1. The van der Waals surface area contributed by atoms with Gasteiger partial charge in [0.15, 0.2) is 0 Å². The molecule has 3 aromatic rings. The van der Waals surface area contributed by atoms with Gasteiger partial charge in [-0.2, -0.15) is 0 Å². The van der Waals surface area contributed by atoms with E-state index in [0.717, 1.165) is 27.6 Å². The Balaban J connectivity index is 2.09. The SMILES string of the molecule is NCc1cccc2cnc(Cc3ccccc3Cl)n12. The molecule has 2 aromatic heterocycles. The molecule has 0 amide bonds.